The van der Waals surface area contributed by atoms with Crippen molar-refractivity contribution in [3.05, 3.63) is 46.4 Å². The second kappa shape index (κ2) is 4.97. The number of aromatic nitrogens is 1. The summed E-state index contributed by atoms with van der Waals surface area (Å²) in [5, 5.41) is 10.7. The Hall–Kier alpha value is -1.88. The Morgan fingerprint density at radius 1 is 1.35 bits per heavy atom. The maximum atomic E-state index is 12.2. The van der Waals surface area contributed by atoms with Gasteiger partial charge in [-0.05, 0) is 23.6 Å². The van der Waals surface area contributed by atoms with Crippen LogP contribution < -0.4 is 0 Å². The predicted octanol–water partition coefficient (Wildman–Crippen LogP) is 2.52. The number of Topliss-reactive ketones (excluding diaryl/α,β-unsaturated/α-hetero) is 1. The number of H-pyrrole nitrogens is 1. The second-order valence-corrected chi connectivity index (χ2v) is 4.57. The van der Waals surface area contributed by atoms with Crippen LogP contribution in [0, 0.1) is 0 Å². The van der Waals surface area contributed by atoms with Crippen molar-refractivity contribution < 1.29 is 14.7 Å². The summed E-state index contributed by atoms with van der Waals surface area (Å²) in [6.07, 6.45) is 1.49. The quantitative estimate of drug-likeness (QED) is 0.800. The molecule has 0 fully saturated rings. The standard InChI is InChI=1S/C12H11NO3S/c14-11(15)7-8(9-3-1-5-13-9)12(16)10-4-2-6-17-10/h1-6,8,13H,7H2,(H,14,15). The van der Waals surface area contributed by atoms with E-state index in [4.69, 9.17) is 5.11 Å². The van der Waals surface area contributed by atoms with Crippen LogP contribution in [-0.2, 0) is 4.79 Å². The maximum absolute atomic E-state index is 12.2. The molecule has 1 unspecified atom stereocenters. The fourth-order valence-electron chi connectivity index (χ4n) is 1.67. The van der Waals surface area contributed by atoms with Crippen LogP contribution in [0.1, 0.15) is 27.7 Å². The summed E-state index contributed by atoms with van der Waals surface area (Å²) >= 11 is 1.33. The van der Waals surface area contributed by atoms with E-state index in [9.17, 15) is 9.59 Å². The zero-order valence-corrected chi connectivity index (χ0v) is 9.74. The molecule has 2 aromatic heterocycles. The summed E-state index contributed by atoms with van der Waals surface area (Å²) in [6, 6.07) is 6.99. The van der Waals surface area contributed by atoms with Gasteiger partial charge in [0.1, 0.15) is 0 Å². The number of carbonyl (C=O) groups excluding carboxylic acids is 1. The molecule has 2 heterocycles. The van der Waals surface area contributed by atoms with Crippen molar-refractivity contribution in [2.45, 2.75) is 12.3 Å². The van der Waals surface area contributed by atoms with E-state index in [-0.39, 0.29) is 12.2 Å². The Morgan fingerprint density at radius 3 is 2.71 bits per heavy atom. The third-order valence-electron chi connectivity index (χ3n) is 2.46. The molecule has 88 valence electrons. The average Bonchev–Trinajstić information content (AvgIpc) is 2.96. The number of aromatic amines is 1. The lowest BCUT2D eigenvalue weighted by molar-refractivity contribution is -0.137. The van der Waals surface area contributed by atoms with Gasteiger partial charge in [0.05, 0.1) is 17.2 Å². The number of carbonyl (C=O) groups is 2. The van der Waals surface area contributed by atoms with Crippen molar-refractivity contribution >= 4 is 23.1 Å². The van der Waals surface area contributed by atoms with Gasteiger partial charge in [-0.3, -0.25) is 9.59 Å². The predicted molar refractivity (Wildman–Crippen MR) is 64.4 cm³/mol. The minimum absolute atomic E-state index is 0.148. The van der Waals surface area contributed by atoms with Gasteiger partial charge in [0.25, 0.3) is 0 Å². The highest BCUT2D eigenvalue weighted by atomic mass is 32.1. The largest absolute Gasteiger partial charge is 0.481 e. The van der Waals surface area contributed by atoms with Crippen LogP contribution in [0.15, 0.2) is 35.8 Å². The Bertz CT molecular complexity index is 502. The lowest BCUT2D eigenvalue weighted by Crippen LogP contribution is -2.16. The van der Waals surface area contributed by atoms with Crippen molar-refractivity contribution in [2.75, 3.05) is 0 Å². The van der Waals surface area contributed by atoms with E-state index in [1.807, 2.05) is 0 Å². The summed E-state index contributed by atoms with van der Waals surface area (Å²) in [7, 11) is 0. The number of rotatable bonds is 5. The number of thiophene rings is 1. The summed E-state index contributed by atoms with van der Waals surface area (Å²) in [6.45, 7) is 0. The van der Waals surface area contributed by atoms with Gasteiger partial charge in [-0.1, -0.05) is 6.07 Å². The molecule has 0 saturated carbocycles. The number of nitrogens with one attached hydrogen (secondary N) is 1. The van der Waals surface area contributed by atoms with Crippen LogP contribution in [0.5, 0.6) is 0 Å². The molecule has 0 aliphatic heterocycles. The first-order chi connectivity index (χ1) is 8.18. The molecule has 2 aromatic rings. The van der Waals surface area contributed by atoms with E-state index in [1.54, 1.807) is 35.8 Å². The van der Waals surface area contributed by atoms with E-state index in [0.29, 0.717) is 10.6 Å². The Kier molecular flexibility index (Phi) is 3.39. The number of carboxylic acids is 1. The van der Waals surface area contributed by atoms with Gasteiger partial charge in [-0.25, -0.2) is 0 Å². The molecule has 0 aliphatic carbocycles. The van der Waals surface area contributed by atoms with Gasteiger partial charge in [0.15, 0.2) is 5.78 Å². The smallest absolute Gasteiger partial charge is 0.304 e. The molecule has 0 radical (unpaired) electrons. The number of ketones is 1. The first-order valence-electron chi connectivity index (χ1n) is 5.11. The second-order valence-electron chi connectivity index (χ2n) is 3.62. The molecule has 0 aromatic carbocycles. The molecule has 5 heteroatoms. The topological polar surface area (TPSA) is 70.2 Å². The van der Waals surface area contributed by atoms with Crippen LogP contribution in [0.2, 0.25) is 0 Å². The number of aliphatic carboxylic acids is 1. The lowest BCUT2D eigenvalue weighted by atomic mass is 9.95. The molecule has 4 nitrogen and oxygen atoms in total. The van der Waals surface area contributed by atoms with Crippen molar-refractivity contribution in [3.8, 4) is 0 Å². The van der Waals surface area contributed by atoms with Gasteiger partial charge in [0.2, 0.25) is 0 Å². The third-order valence-corrected chi connectivity index (χ3v) is 3.34. The average molecular weight is 249 g/mol. The molecule has 0 spiro atoms. The zero-order valence-electron chi connectivity index (χ0n) is 8.92. The van der Waals surface area contributed by atoms with Crippen LogP contribution >= 0.6 is 11.3 Å². The van der Waals surface area contributed by atoms with E-state index < -0.39 is 11.9 Å². The minimum Gasteiger partial charge on any atom is -0.481 e. The third kappa shape index (κ3) is 2.62. The summed E-state index contributed by atoms with van der Waals surface area (Å²) in [5.41, 5.74) is 0.644. The van der Waals surface area contributed by atoms with E-state index in [1.165, 1.54) is 11.3 Å². The monoisotopic (exact) mass is 249 g/mol. The van der Waals surface area contributed by atoms with Crippen LogP contribution in [0.25, 0.3) is 0 Å². The van der Waals surface area contributed by atoms with E-state index >= 15 is 0 Å². The molecular weight excluding hydrogens is 238 g/mol. The van der Waals surface area contributed by atoms with Crippen LogP contribution in [0.3, 0.4) is 0 Å². The van der Waals surface area contributed by atoms with E-state index in [0.717, 1.165) is 0 Å². The minimum atomic E-state index is -0.977. The molecule has 1 atom stereocenters. The van der Waals surface area contributed by atoms with Gasteiger partial charge < -0.3 is 10.1 Å². The molecule has 2 N–H and O–H groups in total. The Labute approximate surface area is 102 Å². The lowest BCUT2D eigenvalue weighted by Gasteiger charge is -2.10. The summed E-state index contributed by atoms with van der Waals surface area (Å²) in [4.78, 5) is 26.5. The molecule has 0 aliphatic rings. The SMILES string of the molecule is O=C(O)CC(C(=O)c1cccs1)c1ccc[nH]1. The molecule has 17 heavy (non-hydrogen) atoms. The molecule has 2 rings (SSSR count). The Morgan fingerprint density at radius 2 is 2.18 bits per heavy atom. The highest BCUT2D eigenvalue weighted by Gasteiger charge is 2.26. The summed E-state index contributed by atoms with van der Waals surface area (Å²) < 4.78 is 0. The first-order valence-corrected chi connectivity index (χ1v) is 5.99. The first kappa shape index (κ1) is 11.6. The van der Waals surface area contributed by atoms with Gasteiger partial charge in [-0.15, -0.1) is 11.3 Å². The van der Waals surface area contributed by atoms with Gasteiger partial charge in [-0.2, -0.15) is 0 Å². The zero-order chi connectivity index (χ0) is 12.3. The van der Waals surface area contributed by atoms with Crippen molar-refractivity contribution in [2.24, 2.45) is 0 Å². The Balaban J connectivity index is 2.28. The van der Waals surface area contributed by atoms with Gasteiger partial charge in [0, 0.05) is 11.9 Å². The van der Waals surface area contributed by atoms with E-state index in [2.05, 4.69) is 4.98 Å². The normalized spacial score (nSPS) is 12.2. The number of hydrogen-bond acceptors (Lipinski definition) is 3. The highest BCUT2D eigenvalue weighted by molar-refractivity contribution is 7.12. The van der Waals surface area contributed by atoms with Crippen LogP contribution in [0.4, 0.5) is 0 Å². The maximum Gasteiger partial charge on any atom is 0.304 e. The fourth-order valence-corrected chi connectivity index (χ4v) is 2.39. The van der Waals surface area contributed by atoms with Crippen molar-refractivity contribution in [3.63, 3.8) is 0 Å². The number of hydrogen-bond donors (Lipinski definition) is 2. The van der Waals surface area contributed by atoms with Crippen molar-refractivity contribution in [1.29, 1.82) is 0 Å². The molecular formula is C12H11NO3S. The molecule has 0 saturated heterocycles. The van der Waals surface area contributed by atoms with Gasteiger partial charge >= 0.3 is 5.97 Å². The van der Waals surface area contributed by atoms with Crippen molar-refractivity contribution in [1.82, 2.24) is 4.98 Å². The number of carboxylic acid groups (broad SMARTS) is 1. The fraction of sp³-hybridized carbons (Fsp3) is 0.167. The van der Waals surface area contributed by atoms with Crippen LogP contribution in [-0.4, -0.2) is 21.8 Å². The molecule has 0 bridgehead atoms. The molecule has 0 amide bonds. The summed E-state index contributed by atoms with van der Waals surface area (Å²) in [5.74, 6) is -1.76. The highest BCUT2D eigenvalue weighted by Crippen LogP contribution is 2.25.